The van der Waals surface area contributed by atoms with Gasteiger partial charge in [0.2, 0.25) is 11.6 Å². The van der Waals surface area contributed by atoms with Crippen molar-refractivity contribution >= 4 is 22.7 Å². The van der Waals surface area contributed by atoms with Crippen LogP contribution in [0.1, 0.15) is 32.1 Å². The number of hydrogen-bond donors (Lipinski definition) is 1. The highest BCUT2D eigenvalue weighted by atomic mass is 16.6. The van der Waals surface area contributed by atoms with E-state index in [1.165, 1.54) is 30.2 Å². The number of benzene rings is 1. The normalized spacial score (nSPS) is 15.0. The Balaban J connectivity index is 1.95. The summed E-state index contributed by atoms with van der Waals surface area (Å²) in [6.07, 6.45) is 5.42. The molecule has 1 saturated carbocycles. The second-order valence-electron chi connectivity index (χ2n) is 7.48. The average Bonchev–Trinajstić information content (AvgIpc) is 3.10. The molecule has 4 rings (SSSR count). The third kappa shape index (κ3) is 3.22. The van der Waals surface area contributed by atoms with Crippen molar-refractivity contribution in [2.24, 2.45) is 14.1 Å². The Bertz CT molecular complexity index is 1200. The van der Waals surface area contributed by atoms with Crippen molar-refractivity contribution in [3.05, 3.63) is 55.2 Å². The van der Waals surface area contributed by atoms with Gasteiger partial charge in [-0.2, -0.15) is 0 Å². The third-order valence-electron chi connectivity index (χ3n) is 5.59. The molecule has 0 unspecified atom stereocenters. The van der Waals surface area contributed by atoms with Crippen molar-refractivity contribution in [1.82, 2.24) is 9.13 Å². The van der Waals surface area contributed by atoms with Crippen molar-refractivity contribution in [3.8, 4) is 11.1 Å². The highest BCUT2D eigenvalue weighted by Gasteiger charge is 2.25. The monoisotopic (exact) mass is 398 g/mol. The molecular weight excluding hydrogens is 376 g/mol. The van der Waals surface area contributed by atoms with E-state index in [0.29, 0.717) is 17.0 Å². The fourth-order valence-corrected chi connectivity index (χ4v) is 3.98. The summed E-state index contributed by atoms with van der Waals surface area (Å²) < 4.78 is 8.33. The molecule has 0 radical (unpaired) electrons. The minimum absolute atomic E-state index is 0.0383. The van der Waals surface area contributed by atoms with Crippen molar-refractivity contribution in [2.45, 2.75) is 38.1 Å². The number of furan rings is 1. The molecule has 1 fully saturated rings. The van der Waals surface area contributed by atoms with Crippen molar-refractivity contribution in [1.29, 1.82) is 0 Å². The third-order valence-corrected chi connectivity index (χ3v) is 5.59. The summed E-state index contributed by atoms with van der Waals surface area (Å²) >= 11 is 0. The maximum Gasteiger partial charge on any atom is 0.333 e. The molecule has 9 nitrogen and oxygen atoms in total. The standard InChI is InChI=1S/C20H22N4O5/c1-22-18(25)16-15(12-8-10-14(11-9-12)24(27)28)17(21-13-6-4-3-5-7-13)29-19(16)23(2)20(22)26/h8-11,13,21H,3-7H2,1-2H3. The molecule has 1 aliphatic rings. The van der Waals surface area contributed by atoms with E-state index in [1.54, 1.807) is 19.2 Å². The van der Waals surface area contributed by atoms with Crippen LogP contribution in [0, 0.1) is 10.1 Å². The van der Waals surface area contributed by atoms with Gasteiger partial charge in [0.15, 0.2) is 0 Å². The van der Waals surface area contributed by atoms with Crippen LogP contribution in [-0.4, -0.2) is 20.1 Å². The molecule has 3 aromatic rings. The Kier molecular flexibility index (Phi) is 4.73. The summed E-state index contributed by atoms with van der Waals surface area (Å²) in [6, 6.07) is 6.19. The molecule has 1 aromatic carbocycles. The molecule has 2 heterocycles. The molecule has 2 aromatic heterocycles. The van der Waals surface area contributed by atoms with Gasteiger partial charge in [0.05, 0.1) is 10.5 Å². The van der Waals surface area contributed by atoms with Crippen molar-refractivity contribution < 1.29 is 9.34 Å². The maximum absolute atomic E-state index is 12.9. The number of fused-ring (bicyclic) bond motifs is 1. The fourth-order valence-electron chi connectivity index (χ4n) is 3.98. The minimum atomic E-state index is -0.476. The van der Waals surface area contributed by atoms with Crippen LogP contribution >= 0.6 is 0 Å². The lowest BCUT2D eigenvalue weighted by Crippen LogP contribution is -2.36. The summed E-state index contributed by atoms with van der Waals surface area (Å²) in [5, 5.41) is 14.7. The first kappa shape index (κ1) is 19.0. The average molecular weight is 398 g/mol. The lowest BCUT2D eigenvalue weighted by Gasteiger charge is -2.23. The molecule has 0 bridgehead atoms. The van der Waals surface area contributed by atoms with Crippen LogP contribution in [0.25, 0.3) is 22.2 Å². The van der Waals surface area contributed by atoms with Gasteiger partial charge in [-0.1, -0.05) is 19.3 Å². The van der Waals surface area contributed by atoms with E-state index in [1.807, 2.05) is 0 Å². The van der Waals surface area contributed by atoms with Crippen LogP contribution < -0.4 is 16.6 Å². The topological polar surface area (TPSA) is 112 Å². The van der Waals surface area contributed by atoms with E-state index in [4.69, 9.17) is 4.42 Å². The summed E-state index contributed by atoms with van der Waals surface area (Å²) in [4.78, 5) is 35.8. The summed E-state index contributed by atoms with van der Waals surface area (Å²) in [6.45, 7) is 0. The quantitative estimate of drug-likeness (QED) is 0.534. The van der Waals surface area contributed by atoms with Gasteiger partial charge in [-0.3, -0.25) is 24.0 Å². The van der Waals surface area contributed by atoms with Gasteiger partial charge in [0.1, 0.15) is 5.39 Å². The Morgan fingerprint density at radius 2 is 1.72 bits per heavy atom. The second kappa shape index (κ2) is 7.23. The van der Waals surface area contributed by atoms with Crippen LogP contribution in [0.4, 0.5) is 11.6 Å². The lowest BCUT2D eigenvalue weighted by molar-refractivity contribution is -0.384. The van der Waals surface area contributed by atoms with E-state index < -0.39 is 16.2 Å². The first-order valence-corrected chi connectivity index (χ1v) is 9.62. The number of nitrogens with one attached hydrogen (secondary N) is 1. The number of anilines is 1. The van der Waals surface area contributed by atoms with Gasteiger partial charge in [-0.25, -0.2) is 4.79 Å². The molecular formula is C20H22N4O5. The zero-order valence-corrected chi connectivity index (χ0v) is 16.3. The number of nitro benzene ring substituents is 1. The Hall–Kier alpha value is -3.36. The van der Waals surface area contributed by atoms with Crippen LogP contribution in [0.2, 0.25) is 0 Å². The van der Waals surface area contributed by atoms with Crippen molar-refractivity contribution in [3.63, 3.8) is 0 Å². The summed E-state index contributed by atoms with van der Waals surface area (Å²) in [7, 11) is 2.97. The number of nitrogens with zero attached hydrogens (tertiary/aromatic N) is 3. The molecule has 0 amide bonds. The van der Waals surface area contributed by atoms with Gasteiger partial charge in [-0.15, -0.1) is 0 Å². The molecule has 0 saturated heterocycles. The molecule has 152 valence electrons. The van der Waals surface area contributed by atoms with Gasteiger partial charge >= 0.3 is 5.69 Å². The van der Waals surface area contributed by atoms with Crippen molar-refractivity contribution in [2.75, 3.05) is 5.32 Å². The highest BCUT2D eigenvalue weighted by molar-refractivity contribution is 5.98. The number of non-ortho nitro benzene ring substituents is 1. The van der Waals surface area contributed by atoms with E-state index in [2.05, 4.69) is 5.32 Å². The van der Waals surface area contributed by atoms with E-state index in [0.717, 1.165) is 30.3 Å². The number of aryl methyl sites for hydroxylation is 1. The summed E-state index contributed by atoms with van der Waals surface area (Å²) in [5.41, 5.74) is 0.348. The fraction of sp³-hybridized carbons (Fsp3) is 0.400. The highest BCUT2D eigenvalue weighted by Crippen LogP contribution is 2.38. The number of aromatic nitrogens is 2. The zero-order chi connectivity index (χ0) is 20.7. The molecule has 29 heavy (non-hydrogen) atoms. The Morgan fingerprint density at radius 1 is 1.07 bits per heavy atom. The molecule has 1 aliphatic carbocycles. The first-order valence-electron chi connectivity index (χ1n) is 9.62. The van der Waals surface area contributed by atoms with E-state index >= 15 is 0 Å². The number of nitro groups is 1. The van der Waals surface area contributed by atoms with Gasteiger partial charge in [0.25, 0.3) is 11.2 Å². The Morgan fingerprint density at radius 3 is 2.34 bits per heavy atom. The van der Waals surface area contributed by atoms with Crippen LogP contribution in [0.15, 0.2) is 38.3 Å². The zero-order valence-electron chi connectivity index (χ0n) is 16.3. The van der Waals surface area contributed by atoms with Crippen LogP contribution in [-0.2, 0) is 14.1 Å². The van der Waals surface area contributed by atoms with Crippen LogP contribution in [0.5, 0.6) is 0 Å². The van der Waals surface area contributed by atoms with Gasteiger partial charge < -0.3 is 9.73 Å². The Labute approximate surface area is 165 Å². The van der Waals surface area contributed by atoms with E-state index in [9.17, 15) is 19.7 Å². The molecule has 1 N–H and O–H groups in total. The molecule has 9 heteroatoms. The molecule has 0 spiro atoms. The summed E-state index contributed by atoms with van der Waals surface area (Å²) in [5.74, 6) is 0.416. The second-order valence-corrected chi connectivity index (χ2v) is 7.48. The predicted molar refractivity (Wildman–Crippen MR) is 109 cm³/mol. The molecule has 0 aliphatic heterocycles. The molecule has 0 atom stereocenters. The maximum atomic E-state index is 12.9. The number of hydrogen-bond acceptors (Lipinski definition) is 6. The van der Waals surface area contributed by atoms with E-state index in [-0.39, 0.29) is 22.8 Å². The van der Waals surface area contributed by atoms with Gasteiger partial charge in [-0.05, 0) is 30.5 Å². The van der Waals surface area contributed by atoms with Gasteiger partial charge in [0, 0.05) is 32.3 Å². The number of rotatable bonds is 4. The predicted octanol–water partition coefficient (Wildman–Crippen LogP) is 3.15. The lowest BCUT2D eigenvalue weighted by atomic mass is 9.95. The van der Waals surface area contributed by atoms with Crippen LogP contribution in [0.3, 0.4) is 0 Å². The smallest absolute Gasteiger partial charge is 0.333 e. The SMILES string of the molecule is Cn1c(=O)c2c(-c3ccc([N+](=O)[O-])cc3)c(NC3CCCCC3)oc2n(C)c1=O. The minimum Gasteiger partial charge on any atom is -0.423 e. The first-order chi connectivity index (χ1) is 13.9. The largest absolute Gasteiger partial charge is 0.423 e.